The summed E-state index contributed by atoms with van der Waals surface area (Å²) in [6.45, 7) is 10.1. The summed E-state index contributed by atoms with van der Waals surface area (Å²) in [5.41, 5.74) is 2.84. The van der Waals surface area contributed by atoms with Crippen molar-refractivity contribution in [1.82, 2.24) is 15.1 Å². The van der Waals surface area contributed by atoms with Gasteiger partial charge in [0.1, 0.15) is 0 Å². The molecule has 0 unspecified atom stereocenters. The van der Waals surface area contributed by atoms with Crippen LogP contribution in [-0.4, -0.2) is 80.4 Å². The monoisotopic (exact) mass is 415 g/mol. The lowest BCUT2D eigenvalue weighted by molar-refractivity contribution is -0.129. The molecule has 3 aliphatic heterocycles. The first kappa shape index (κ1) is 21.8. The van der Waals surface area contributed by atoms with Gasteiger partial charge in [0.15, 0.2) is 0 Å². The third-order valence-electron chi connectivity index (χ3n) is 7.02. The standard InChI is InChI=1S/C24H37N3O3/c1-19-4-2-3-5-21(19)17-26-10-8-22(9-11-26)27-12-6-20(7-13-27)24(28)25-16-23-18-29-14-15-30-23/h2-5,20,22-23H,6-18H2,1H3,(H,25,28)/t23-/m0/s1. The summed E-state index contributed by atoms with van der Waals surface area (Å²) in [5, 5.41) is 3.08. The van der Waals surface area contributed by atoms with Crippen molar-refractivity contribution in [1.29, 1.82) is 0 Å². The van der Waals surface area contributed by atoms with Crippen LogP contribution in [-0.2, 0) is 20.8 Å². The highest BCUT2D eigenvalue weighted by Crippen LogP contribution is 2.25. The van der Waals surface area contributed by atoms with Gasteiger partial charge in [-0.3, -0.25) is 9.69 Å². The minimum absolute atomic E-state index is 0.00708. The minimum Gasteiger partial charge on any atom is -0.376 e. The number of hydrogen-bond acceptors (Lipinski definition) is 5. The predicted octanol–water partition coefficient (Wildman–Crippen LogP) is 2.20. The lowest BCUT2D eigenvalue weighted by atomic mass is 9.92. The van der Waals surface area contributed by atoms with Crippen LogP contribution in [0.3, 0.4) is 0 Å². The van der Waals surface area contributed by atoms with Crippen molar-refractivity contribution in [2.45, 2.75) is 51.3 Å². The third kappa shape index (κ3) is 5.82. The van der Waals surface area contributed by atoms with Crippen LogP contribution in [0.4, 0.5) is 0 Å². The van der Waals surface area contributed by atoms with Crippen LogP contribution in [0.5, 0.6) is 0 Å². The molecule has 1 amide bonds. The molecule has 0 bridgehead atoms. The summed E-state index contributed by atoms with van der Waals surface area (Å²) in [6.07, 6.45) is 4.42. The van der Waals surface area contributed by atoms with Crippen LogP contribution in [0.2, 0.25) is 0 Å². The number of likely N-dealkylation sites (tertiary alicyclic amines) is 2. The van der Waals surface area contributed by atoms with Gasteiger partial charge in [0.2, 0.25) is 5.91 Å². The maximum Gasteiger partial charge on any atom is 0.223 e. The zero-order valence-corrected chi connectivity index (χ0v) is 18.4. The van der Waals surface area contributed by atoms with Gasteiger partial charge < -0.3 is 19.7 Å². The van der Waals surface area contributed by atoms with Crippen LogP contribution in [0.1, 0.15) is 36.8 Å². The van der Waals surface area contributed by atoms with Crippen LogP contribution in [0, 0.1) is 12.8 Å². The predicted molar refractivity (Wildman–Crippen MR) is 117 cm³/mol. The summed E-state index contributed by atoms with van der Waals surface area (Å²) in [6, 6.07) is 9.40. The fourth-order valence-electron chi connectivity index (χ4n) is 5.01. The van der Waals surface area contributed by atoms with E-state index in [9.17, 15) is 4.79 Å². The lowest BCUT2D eigenvalue weighted by Gasteiger charge is -2.41. The molecule has 0 saturated carbocycles. The molecule has 6 nitrogen and oxygen atoms in total. The molecule has 1 aromatic carbocycles. The Labute approximate surface area is 180 Å². The first-order valence-corrected chi connectivity index (χ1v) is 11.7. The number of amides is 1. The second kappa shape index (κ2) is 10.7. The first-order valence-electron chi connectivity index (χ1n) is 11.7. The van der Waals surface area contributed by atoms with E-state index in [1.54, 1.807) is 0 Å². The van der Waals surface area contributed by atoms with Gasteiger partial charge in [-0.15, -0.1) is 0 Å². The van der Waals surface area contributed by atoms with Crippen LogP contribution in [0.15, 0.2) is 24.3 Å². The van der Waals surface area contributed by atoms with Gasteiger partial charge in [-0.1, -0.05) is 24.3 Å². The Hall–Kier alpha value is -1.47. The van der Waals surface area contributed by atoms with Gasteiger partial charge in [-0.25, -0.2) is 0 Å². The van der Waals surface area contributed by atoms with E-state index in [0.29, 0.717) is 32.4 Å². The first-order chi connectivity index (χ1) is 14.7. The summed E-state index contributed by atoms with van der Waals surface area (Å²) in [7, 11) is 0. The second-order valence-corrected chi connectivity index (χ2v) is 9.06. The SMILES string of the molecule is Cc1ccccc1CN1CCC(N2CCC(C(=O)NC[C@H]3COCCO3)CC2)CC1. The number of ether oxygens (including phenoxy) is 2. The molecule has 0 spiro atoms. The molecule has 6 heteroatoms. The Bertz CT molecular complexity index is 676. The number of piperidine rings is 2. The summed E-state index contributed by atoms with van der Waals surface area (Å²) in [5.74, 6) is 0.337. The van der Waals surface area contributed by atoms with E-state index in [1.165, 1.54) is 37.1 Å². The Morgan fingerprint density at radius 2 is 1.83 bits per heavy atom. The van der Waals surface area contributed by atoms with E-state index in [4.69, 9.17) is 9.47 Å². The van der Waals surface area contributed by atoms with E-state index in [2.05, 4.69) is 46.3 Å². The average Bonchev–Trinajstić information content (AvgIpc) is 2.80. The molecule has 4 rings (SSSR count). The summed E-state index contributed by atoms with van der Waals surface area (Å²) >= 11 is 0. The van der Waals surface area contributed by atoms with Gasteiger partial charge in [-0.2, -0.15) is 0 Å². The molecule has 1 N–H and O–H groups in total. The quantitative estimate of drug-likeness (QED) is 0.772. The highest BCUT2D eigenvalue weighted by molar-refractivity contribution is 5.78. The minimum atomic E-state index is 0.00708. The maximum absolute atomic E-state index is 12.5. The number of hydrogen-bond donors (Lipinski definition) is 1. The Morgan fingerprint density at radius 1 is 1.07 bits per heavy atom. The molecule has 0 aromatic heterocycles. The number of nitrogens with zero attached hydrogens (tertiary/aromatic N) is 2. The average molecular weight is 416 g/mol. The summed E-state index contributed by atoms with van der Waals surface area (Å²) in [4.78, 5) is 17.8. The maximum atomic E-state index is 12.5. The molecule has 3 heterocycles. The molecule has 3 fully saturated rings. The molecule has 0 aliphatic carbocycles. The molecule has 30 heavy (non-hydrogen) atoms. The fourth-order valence-corrected chi connectivity index (χ4v) is 5.01. The van der Waals surface area contributed by atoms with Gasteiger partial charge in [0.25, 0.3) is 0 Å². The number of benzene rings is 1. The van der Waals surface area contributed by atoms with Gasteiger partial charge >= 0.3 is 0 Å². The largest absolute Gasteiger partial charge is 0.376 e. The molecule has 1 atom stereocenters. The lowest BCUT2D eigenvalue weighted by Crippen LogP contribution is -2.49. The van der Waals surface area contributed by atoms with Crippen molar-refractivity contribution >= 4 is 5.91 Å². The number of nitrogens with one attached hydrogen (secondary N) is 1. The molecule has 3 saturated heterocycles. The van der Waals surface area contributed by atoms with Gasteiger partial charge in [-0.05, 0) is 69.9 Å². The number of carbonyl (C=O) groups excluding carboxylic acids is 1. The Morgan fingerprint density at radius 3 is 2.53 bits per heavy atom. The smallest absolute Gasteiger partial charge is 0.223 e. The van der Waals surface area contributed by atoms with Crippen molar-refractivity contribution < 1.29 is 14.3 Å². The molecule has 1 aromatic rings. The number of aryl methyl sites for hydroxylation is 1. The normalized spacial score (nSPS) is 25.3. The Kier molecular flexibility index (Phi) is 7.77. The van der Waals surface area contributed by atoms with E-state index < -0.39 is 0 Å². The van der Waals surface area contributed by atoms with Crippen molar-refractivity contribution in [3.8, 4) is 0 Å². The zero-order valence-electron chi connectivity index (χ0n) is 18.4. The van der Waals surface area contributed by atoms with E-state index in [1.807, 2.05) is 0 Å². The van der Waals surface area contributed by atoms with E-state index in [0.717, 1.165) is 32.5 Å². The topological polar surface area (TPSA) is 54.0 Å². The molecular formula is C24H37N3O3. The second-order valence-electron chi connectivity index (χ2n) is 9.06. The van der Waals surface area contributed by atoms with Crippen LogP contribution >= 0.6 is 0 Å². The van der Waals surface area contributed by atoms with Crippen LogP contribution < -0.4 is 5.32 Å². The van der Waals surface area contributed by atoms with Crippen molar-refractivity contribution in [2.24, 2.45) is 5.92 Å². The highest BCUT2D eigenvalue weighted by atomic mass is 16.6. The van der Waals surface area contributed by atoms with Gasteiger partial charge in [0.05, 0.1) is 25.9 Å². The van der Waals surface area contributed by atoms with Crippen molar-refractivity contribution in [3.05, 3.63) is 35.4 Å². The van der Waals surface area contributed by atoms with E-state index >= 15 is 0 Å². The number of rotatable bonds is 6. The van der Waals surface area contributed by atoms with Crippen molar-refractivity contribution in [2.75, 3.05) is 52.5 Å². The van der Waals surface area contributed by atoms with Gasteiger partial charge in [0, 0.05) is 25.0 Å². The highest BCUT2D eigenvalue weighted by Gasteiger charge is 2.31. The molecule has 166 valence electrons. The molecule has 3 aliphatic rings. The Balaban J connectivity index is 1.15. The summed E-state index contributed by atoms with van der Waals surface area (Å²) < 4.78 is 11.0. The molecule has 0 radical (unpaired) electrons. The van der Waals surface area contributed by atoms with Crippen molar-refractivity contribution in [3.63, 3.8) is 0 Å². The van der Waals surface area contributed by atoms with Crippen LogP contribution in [0.25, 0.3) is 0 Å². The molecular weight excluding hydrogens is 378 g/mol. The number of carbonyl (C=O) groups is 1. The van der Waals surface area contributed by atoms with E-state index in [-0.39, 0.29) is 17.9 Å². The fraction of sp³-hybridized carbons (Fsp3) is 0.708. The zero-order chi connectivity index (χ0) is 20.8. The third-order valence-corrected chi connectivity index (χ3v) is 7.02.